The summed E-state index contributed by atoms with van der Waals surface area (Å²) in [4.78, 5) is 5.51. The predicted octanol–water partition coefficient (Wildman–Crippen LogP) is 16.1. The van der Waals surface area contributed by atoms with Crippen LogP contribution in [0.25, 0.3) is 38.7 Å². The van der Waals surface area contributed by atoms with Gasteiger partial charge in [0.25, 0.3) is 6.71 Å². The van der Waals surface area contributed by atoms with Crippen LogP contribution < -0.4 is 26.2 Å². The Balaban J connectivity index is 1.16. The van der Waals surface area contributed by atoms with E-state index in [4.69, 9.17) is 4.42 Å². The summed E-state index contributed by atoms with van der Waals surface area (Å²) in [6, 6.07) is 41.6. The molecule has 6 aromatic carbocycles. The van der Waals surface area contributed by atoms with Gasteiger partial charge in [-0.25, -0.2) is 0 Å². The van der Waals surface area contributed by atoms with Crippen LogP contribution in [0.2, 0.25) is 0 Å². The van der Waals surface area contributed by atoms with Crippen molar-refractivity contribution in [1.29, 1.82) is 0 Å². The monoisotopic (exact) mass is 936 g/mol. The number of fused-ring (bicyclic) bond motifs is 13. The maximum atomic E-state index is 7.10. The molecular weight excluding hydrogens is 862 g/mol. The van der Waals surface area contributed by atoms with Crippen LogP contribution in [0.15, 0.2) is 108 Å². The number of para-hydroxylation sites is 1. The summed E-state index contributed by atoms with van der Waals surface area (Å²) in [6.45, 7) is 36.4. The molecule has 0 bridgehead atoms. The topological polar surface area (TPSA) is 24.6 Å². The van der Waals surface area contributed by atoms with Crippen LogP contribution in [0.3, 0.4) is 0 Å². The first kappa shape index (κ1) is 45.2. The van der Waals surface area contributed by atoms with E-state index in [0.29, 0.717) is 0 Å². The van der Waals surface area contributed by atoms with Gasteiger partial charge in [-0.3, -0.25) is 4.57 Å². The standard InChI is InChI=1S/C66H74BN3O/c1-60(2,3)39-22-27-51-48(33-39)65(14)28-18-19-29-66(65,15)70(51)43-24-26-49-52(38-43)68(42-23-25-46-47(37-42)64(12,13)31-30-63(46,10)11)53-35-41(62(7,8)9)36-54-57(53)67(49)50-34-40(61(4,5)6)32-45-56-44-20-16-17-21-55(44)71-59(56)69(54)58(45)50/h16-17,20-27,32-38H,18-19,28-31H2,1-15H3/t65?,66-/m0/s1. The lowest BCUT2D eigenvalue weighted by molar-refractivity contribution is 0.195. The highest BCUT2D eigenvalue weighted by Crippen LogP contribution is 2.62. The number of anilines is 5. The quantitative estimate of drug-likeness (QED) is 0.161. The highest BCUT2D eigenvalue weighted by atomic mass is 16.3. The van der Waals surface area contributed by atoms with Crippen molar-refractivity contribution in [3.05, 3.63) is 137 Å². The Kier molecular flexibility index (Phi) is 8.97. The van der Waals surface area contributed by atoms with E-state index in [2.05, 4.69) is 221 Å². The van der Waals surface area contributed by atoms with Crippen LogP contribution in [0, 0.1) is 0 Å². The molecule has 0 saturated heterocycles. The molecule has 71 heavy (non-hydrogen) atoms. The Labute approximate surface area is 423 Å². The van der Waals surface area contributed by atoms with Gasteiger partial charge in [-0.1, -0.05) is 158 Å². The molecule has 8 aromatic rings. The summed E-state index contributed by atoms with van der Waals surface area (Å²) in [5.41, 5.74) is 23.5. The number of aromatic nitrogens is 1. The van der Waals surface area contributed by atoms with E-state index in [-0.39, 0.29) is 44.7 Å². The molecule has 0 N–H and O–H groups in total. The van der Waals surface area contributed by atoms with E-state index < -0.39 is 0 Å². The second kappa shape index (κ2) is 14.1. The molecule has 362 valence electrons. The van der Waals surface area contributed by atoms with Crippen LogP contribution in [0.1, 0.15) is 176 Å². The first-order chi connectivity index (χ1) is 33.3. The second-order valence-corrected chi connectivity index (χ2v) is 27.6. The first-order valence-electron chi connectivity index (χ1n) is 27.1. The zero-order valence-corrected chi connectivity index (χ0v) is 45.4. The summed E-state index contributed by atoms with van der Waals surface area (Å²) in [5, 5.41) is 3.68. The zero-order chi connectivity index (χ0) is 49.9. The van der Waals surface area contributed by atoms with Crippen molar-refractivity contribution < 1.29 is 4.42 Å². The molecule has 0 amide bonds. The zero-order valence-electron chi connectivity index (χ0n) is 45.4. The molecule has 5 aliphatic rings. The molecule has 0 spiro atoms. The average molecular weight is 936 g/mol. The maximum absolute atomic E-state index is 7.10. The van der Waals surface area contributed by atoms with Crippen molar-refractivity contribution in [3.63, 3.8) is 0 Å². The molecule has 1 saturated carbocycles. The van der Waals surface area contributed by atoms with Gasteiger partial charge < -0.3 is 14.2 Å². The van der Waals surface area contributed by atoms with Crippen LogP contribution in [-0.2, 0) is 32.5 Å². The van der Waals surface area contributed by atoms with Crippen molar-refractivity contribution in [3.8, 4) is 5.69 Å². The second-order valence-electron chi connectivity index (χ2n) is 27.6. The summed E-state index contributed by atoms with van der Waals surface area (Å²) in [6.07, 6.45) is 7.23. The van der Waals surface area contributed by atoms with Gasteiger partial charge >= 0.3 is 0 Å². The molecule has 5 heteroatoms. The minimum Gasteiger partial charge on any atom is -0.439 e. The van der Waals surface area contributed by atoms with Gasteiger partial charge in [0, 0.05) is 50.3 Å². The van der Waals surface area contributed by atoms with Crippen LogP contribution in [0.4, 0.5) is 28.4 Å². The molecule has 13 rings (SSSR count). The Morgan fingerprint density at radius 3 is 1.90 bits per heavy atom. The van der Waals surface area contributed by atoms with Gasteiger partial charge in [0.05, 0.1) is 16.4 Å². The lowest BCUT2D eigenvalue weighted by Gasteiger charge is -2.50. The van der Waals surface area contributed by atoms with Crippen molar-refractivity contribution in [2.45, 2.75) is 180 Å². The number of nitrogens with zero attached hydrogens (tertiary/aromatic N) is 3. The summed E-state index contributed by atoms with van der Waals surface area (Å²) >= 11 is 0. The Hall–Kier alpha value is -5.68. The van der Waals surface area contributed by atoms with Gasteiger partial charge in [0.15, 0.2) is 0 Å². The van der Waals surface area contributed by atoms with Gasteiger partial charge in [-0.2, -0.15) is 0 Å². The van der Waals surface area contributed by atoms with E-state index in [1.165, 1.54) is 138 Å². The predicted molar refractivity (Wildman–Crippen MR) is 304 cm³/mol. The average Bonchev–Trinajstić information content (AvgIpc) is 3.91. The fourth-order valence-corrected chi connectivity index (χ4v) is 14.6. The van der Waals surface area contributed by atoms with E-state index in [0.717, 1.165) is 17.7 Å². The fraction of sp³-hybridized carbons (Fsp3) is 0.424. The molecular formula is C66H74BN3O. The normalized spacial score (nSPS) is 21.9. The minimum absolute atomic E-state index is 0.000585. The molecule has 1 unspecified atom stereocenters. The largest absolute Gasteiger partial charge is 0.439 e. The smallest absolute Gasteiger partial charge is 0.252 e. The van der Waals surface area contributed by atoms with Gasteiger partial charge in [0.2, 0.25) is 5.71 Å². The Bertz CT molecular complexity index is 3610. The lowest BCUT2D eigenvalue weighted by Crippen LogP contribution is -2.61. The fourth-order valence-electron chi connectivity index (χ4n) is 14.6. The highest BCUT2D eigenvalue weighted by molar-refractivity contribution is 7.00. The molecule has 2 aliphatic carbocycles. The summed E-state index contributed by atoms with van der Waals surface area (Å²) in [5.74, 6) is 0. The molecule has 2 atom stereocenters. The third-order valence-corrected chi connectivity index (χ3v) is 19.3. The van der Waals surface area contributed by atoms with Crippen molar-refractivity contribution in [2.75, 3.05) is 9.80 Å². The van der Waals surface area contributed by atoms with E-state index in [1.807, 2.05) is 0 Å². The number of furan rings is 1. The van der Waals surface area contributed by atoms with Gasteiger partial charge in [-0.05, 0) is 164 Å². The van der Waals surface area contributed by atoms with Crippen molar-refractivity contribution in [2.24, 2.45) is 0 Å². The molecule has 1 fully saturated rings. The molecule has 5 heterocycles. The van der Waals surface area contributed by atoms with Gasteiger partial charge in [-0.15, -0.1) is 0 Å². The number of hydrogen-bond donors (Lipinski definition) is 0. The van der Waals surface area contributed by atoms with Crippen LogP contribution in [-0.4, -0.2) is 16.8 Å². The van der Waals surface area contributed by atoms with Crippen molar-refractivity contribution >= 4 is 84.5 Å². The maximum Gasteiger partial charge on any atom is 0.252 e. The number of hydrogen-bond acceptors (Lipinski definition) is 3. The van der Waals surface area contributed by atoms with E-state index >= 15 is 0 Å². The number of rotatable bonds is 2. The Morgan fingerprint density at radius 2 is 1.17 bits per heavy atom. The highest BCUT2D eigenvalue weighted by Gasteiger charge is 2.58. The number of benzene rings is 6. The molecule has 4 nitrogen and oxygen atoms in total. The van der Waals surface area contributed by atoms with Crippen LogP contribution in [0.5, 0.6) is 0 Å². The lowest BCUT2D eigenvalue weighted by atomic mass is 9.33. The summed E-state index contributed by atoms with van der Waals surface area (Å²) < 4.78 is 9.63. The molecule has 2 aromatic heterocycles. The van der Waals surface area contributed by atoms with Gasteiger partial charge in [0.1, 0.15) is 5.58 Å². The SMILES string of the molecule is CC(C)(C)c1cc2c3c(c1)-n1c4oc5ccccc5c4c4cc(C(C)(C)C)cc(c41)B3c1ccc(N3c4ccc(C(C)(C)C)cc4C4(C)CCCC[C@]34C)cc1N2c1ccc2c(c1)C(C)(C)CCC2(C)C. The van der Waals surface area contributed by atoms with E-state index in [1.54, 1.807) is 0 Å². The van der Waals surface area contributed by atoms with Crippen LogP contribution >= 0.6 is 0 Å². The summed E-state index contributed by atoms with van der Waals surface area (Å²) in [7, 11) is 0. The Morgan fingerprint density at radius 1 is 0.507 bits per heavy atom. The minimum atomic E-state index is -0.127. The third-order valence-electron chi connectivity index (χ3n) is 19.3. The third kappa shape index (κ3) is 6.04. The van der Waals surface area contributed by atoms with Crippen molar-refractivity contribution in [1.82, 2.24) is 4.57 Å². The molecule has 0 radical (unpaired) electrons. The first-order valence-corrected chi connectivity index (χ1v) is 27.1. The van der Waals surface area contributed by atoms with E-state index in [9.17, 15) is 0 Å². The molecule has 3 aliphatic heterocycles.